The van der Waals surface area contributed by atoms with Crippen LogP contribution in [0.15, 0.2) is 18.2 Å². The Kier molecular flexibility index (Phi) is 4.53. The maximum Gasteiger partial charge on any atom is 0.340 e. The van der Waals surface area contributed by atoms with Crippen molar-refractivity contribution < 1.29 is 9.53 Å². The summed E-state index contributed by atoms with van der Waals surface area (Å²) in [6.07, 6.45) is 2.41. The Hall–Kier alpha value is -1.71. The van der Waals surface area contributed by atoms with Crippen molar-refractivity contribution in [1.29, 1.82) is 0 Å². The second-order valence-electron chi connectivity index (χ2n) is 5.74. The zero-order valence-corrected chi connectivity index (χ0v) is 12.6. The van der Waals surface area contributed by atoms with Crippen LogP contribution in [0.5, 0.6) is 0 Å². The Morgan fingerprint density at radius 3 is 2.70 bits per heavy atom. The molecule has 0 bridgehead atoms. The number of rotatable bonds is 6. The summed E-state index contributed by atoms with van der Waals surface area (Å²) >= 11 is 0. The lowest BCUT2D eigenvalue weighted by Gasteiger charge is -2.28. The van der Waals surface area contributed by atoms with Crippen LogP contribution in [0.2, 0.25) is 0 Å². The number of benzene rings is 1. The Labute approximate surface area is 120 Å². The van der Waals surface area contributed by atoms with Gasteiger partial charge in [-0.3, -0.25) is 0 Å². The molecule has 0 spiro atoms. The van der Waals surface area contributed by atoms with E-state index in [0.717, 1.165) is 12.2 Å². The molecule has 1 saturated carbocycles. The molecular weight excluding hydrogens is 252 g/mol. The van der Waals surface area contributed by atoms with E-state index in [1.807, 2.05) is 12.1 Å². The molecule has 1 aliphatic carbocycles. The number of anilines is 2. The third kappa shape index (κ3) is 3.24. The third-order valence-corrected chi connectivity index (χ3v) is 3.44. The quantitative estimate of drug-likeness (QED) is 0.641. The molecule has 2 N–H and O–H groups in total. The highest BCUT2D eigenvalue weighted by atomic mass is 16.5. The predicted molar refractivity (Wildman–Crippen MR) is 82.0 cm³/mol. The van der Waals surface area contributed by atoms with Gasteiger partial charge < -0.3 is 15.4 Å². The average Bonchev–Trinajstić information content (AvgIpc) is 3.21. The molecule has 0 aromatic heterocycles. The van der Waals surface area contributed by atoms with Crippen LogP contribution in [-0.4, -0.2) is 25.2 Å². The van der Waals surface area contributed by atoms with Gasteiger partial charge in [-0.25, -0.2) is 4.79 Å². The van der Waals surface area contributed by atoms with E-state index in [1.165, 1.54) is 12.8 Å². The Morgan fingerprint density at radius 2 is 2.15 bits per heavy atom. The van der Waals surface area contributed by atoms with Crippen LogP contribution >= 0.6 is 0 Å². The van der Waals surface area contributed by atoms with Gasteiger partial charge in [0.25, 0.3) is 0 Å². The number of para-hydroxylation sites is 1. The minimum Gasteiger partial charge on any atom is -0.462 e. The molecule has 0 atom stereocenters. The van der Waals surface area contributed by atoms with Gasteiger partial charge in [0.2, 0.25) is 0 Å². The highest BCUT2D eigenvalue weighted by Gasteiger charge is 2.31. The van der Waals surface area contributed by atoms with Gasteiger partial charge in [-0.2, -0.15) is 0 Å². The first kappa shape index (κ1) is 14.7. The van der Waals surface area contributed by atoms with E-state index in [1.54, 1.807) is 13.0 Å². The molecule has 4 nitrogen and oxygen atoms in total. The van der Waals surface area contributed by atoms with Crippen molar-refractivity contribution in [2.75, 3.05) is 23.8 Å². The second-order valence-corrected chi connectivity index (χ2v) is 5.74. The van der Waals surface area contributed by atoms with E-state index in [-0.39, 0.29) is 5.97 Å². The van der Waals surface area contributed by atoms with Crippen molar-refractivity contribution in [3.63, 3.8) is 0 Å². The van der Waals surface area contributed by atoms with Crippen LogP contribution in [0, 0.1) is 5.92 Å². The van der Waals surface area contributed by atoms with E-state index >= 15 is 0 Å². The molecule has 1 aromatic rings. The van der Waals surface area contributed by atoms with Gasteiger partial charge in [-0.1, -0.05) is 19.9 Å². The standard InChI is InChI=1S/C16H24N2O2/c1-4-20-16(19)13-6-5-7-14(15(13)17)18(10-11(2)3)12-8-9-12/h5-7,11-12H,4,8-10,17H2,1-3H3. The summed E-state index contributed by atoms with van der Waals surface area (Å²) in [6, 6.07) is 6.18. The molecule has 0 unspecified atom stereocenters. The van der Waals surface area contributed by atoms with Crippen molar-refractivity contribution >= 4 is 17.3 Å². The highest BCUT2D eigenvalue weighted by Crippen LogP contribution is 2.36. The van der Waals surface area contributed by atoms with E-state index in [4.69, 9.17) is 10.5 Å². The van der Waals surface area contributed by atoms with Crippen LogP contribution in [0.3, 0.4) is 0 Å². The first-order valence-corrected chi connectivity index (χ1v) is 7.36. The van der Waals surface area contributed by atoms with E-state index in [0.29, 0.717) is 29.8 Å². The molecule has 1 aliphatic rings. The first-order valence-electron chi connectivity index (χ1n) is 7.36. The number of hydrogen-bond donors (Lipinski definition) is 1. The van der Waals surface area contributed by atoms with Crippen molar-refractivity contribution in [2.24, 2.45) is 5.92 Å². The van der Waals surface area contributed by atoms with E-state index < -0.39 is 0 Å². The molecule has 0 radical (unpaired) electrons. The summed E-state index contributed by atoms with van der Waals surface area (Å²) in [6.45, 7) is 7.51. The van der Waals surface area contributed by atoms with Gasteiger partial charge in [-0.15, -0.1) is 0 Å². The number of ether oxygens (including phenoxy) is 1. The van der Waals surface area contributed by atoms with Crippen LogP contribution in [0.25, 0.3) is 0 Å². The molecule has 4 heteroatoms. The van der Waals surface area contributed by atoms with Gasteiger partial charge in [0, 0.05) is 12.6 Å². The Bertz CT molecular complexity index is 481. The van der Waals surface area contributed by atoms with Crippen LogP contribution in [0.1, 0.15) is 44.0 Å². The molecular formula is C16H24N2O2. The largest absolute Gasteiger partial charge is 0.462 e. The normalized spacial score (nSPS) is 14.4. The third-order valence-electron chi connectivity index (χ3n) is 3.44. The van der Waals surface area contributed by atoms with E-state index in [9.17, 15) is 4.79 Å². The zero-order chi connectivity index (χ0) is 14.7. The lowest BCUT2D eigenvalue weighted by molar-refractivity contribution is 0.0527. The van der Waals surface area contributed by atoms with Gasteiger partial charge in [0.1, 0.15) is 0 Å². The lowest BCUT2D eigenvalue weighted by Crippen LogP contribution is -2.31. The van der Waals surface area contributed by atoms with Gasteiger partial charge in [0.05, 0.1) is 23.5 Å². The summed E-state index contributed by atoms with van der Waals surface area (Å²) in [5, 5.41) is 0. The number of carbonyl (C=O) groups excluding carboxylic acids is 1. The molecule has 0 aliphatic heterocycles. The molecule has 110 valence electrons. The van der Waals surface area contributed by atoms with Crippen molar-refractivity contribution in [3.8, 4) is 0 Å². The topological polar surface area (TPSA) is 55.6 Å². The minimum absolute atomic E-state index is 0.341. The summed E-state index contributed by atoms with van der Waals surface area (Å²) in [4.78, 5) is 14.3. The molecule has 1 fully saturated rings. The fourth-order valence-electron chi connectivity index (χ4n) is 2.41. The number of nitrogens with zero attached hydrogens (tertiary/aromatic N) is 1. The summed E-state index contributed by atoms with van der Waals surface area (Å²) in [7, 11) is 0. The monoisotopic (exact) mass is 276 g/mol. The van der Waals surface area contributed by atoms with Crippen molar-refractivity contribution in [2.45, 2.75) is 39.7 Å². The highest BCUT2D eigenvalue weighted by molar-refractivity contribution is 5.98. The Morgan fingerprint density at radius 1 is 1.45 bits per heavy atom. The summed E-state index contributed by atoms with van der Waals surface area (Å²) in [5.41, 5.74) is 8.19. The van der Waals surface area contributed by atoms with Crippen LogP contribution in [0.4, 0.5) is 11.4 Å². The molecule has 0 amide bonds. The summed E-state index contributed by atoms with van der Waals surface area (Å²) < 4.78 is 5.06. The lowest BCUT2D eigenvalue weighted by atomic mass is 10.1. The van der Waals surface area contributed by atoms with Gasteiger partial charge >= 0.3 is 5.97 Å². The molecule has 0 saturated heterocycles. The number of esters is 1. The molecule has 2 rings (SSSR count). The fraction of sp³-hybridized carbons (Fsp3) is 0.562. The Balaban J connectivity index is 2.30. The fourth-order valence-corrected chi connectivity index (χ4v) is 2.41. The molecule has 0 heterocycles. The maximum atomic E-state index is 11.9. The molecule has 20 heavy (non-hydrogen) atoms. The number of nitrogens with two attached hydrogens (primary N) is 1. The van der Waals surface area contributed by atoms with Crippen LogP contribution in [-0.2, 0) is 4.74 Å². The van der Waals surface area contributed by atoms with Crippen LogP contribution < -0.4 is 10.6 Å². The molecule has 1 aromatic carbocycles. The van der Waals surface area contributed by atoms with Crippen molar-refractivity contribution in [1.82, 2.24) is 0 Å². The first-order chi connectivity index (χ1) is 9.54. The van der Waals surface area contributed by atoms with Crippen molar-refractivity contribution in [3.05, 3.63) is 23.8 Å². The number of carbonyl (C=O) groups is 1. The SMILES string of the molecule is CCOC(=O)c1cccc(N(CC(C)C)C2CC2)c1N. The second kappa shape index (κ2) is 6.16. The number of nitrogen functional groups attached to an aromatic ring is 1. The summed E-state index contributed by atoms with van der Waals surface area (Å²) in [5.74, 6) is 0.216. The predicted octanol–water partition coefficient (Wildman–Crippen LogP) is 3.07. The minimum atomic E-state index is -0.341. The smallest absolute Gasteiger partial charge is 0.340 e. The van der Waals surface area contributed by atoms with Gasteiger partial charge in [0.15, 0.2) is 0 Å². The average molecular weight is 276 g/mol. The van der Waals surface area contributed by atoms with E-state index in [2.05, 4.69) is 18.7 Å². The zero-order valence-electron chi connectivity index (χ0n) is 12.6. The number of hydrogen-bond acceptors (Lipinski definition) is 4. The maximum absolute atomic E-state index is 11.9. The van der Waals surface area contributed by atoms with Gasteiger partial charge in [-0.05, 0) is 37.8 Å².